The summed E-state index contributed by atoms with van der Waals surface area (Å²) in [6.07, 6.45) is 3.38. The SMILES string of the molecule is COc1ccc(C2c3cccn3CCCN2Cc2c(C)cccc2C)cc1. The first-order valence-electron chi connectivity index (χ1n) is 9.75. The molecule has 3 heteroatoms. The Morgan fingerprint density at radius 2 is 1.67 bits per heavy atom. The summed E-state index contributed by atoms with van der Waals surface area (Å²) in [4.78, 5) is 2.63. The summed E-state index contributed by atoms with van der Waals surface area (Å²) in [7, 11) is 1.72. The minimum Gasteiger partial charge on any atom is -0.497 e. The summed E-state index contributed by atoms with van der Waals surface area (Å²) < 4.78 is 7.79. The molecular weight excluding hydrogens is 332 g/mol. The van der Waals surface area contributed by atoms with Gasteiger partial charge in [0.25, 0.3) is 0 Å². The second-order valence-electron chi connectivity index (χ2n) is 7.50. The number of nitrogens with zero attached hydrogens (tertiary/aromatic N) is 2. The first-order chi connectivity index (χ1) is 13.2. The van der Waals surface area contributed by atoms with E-state index < -0.39 is 0 Å². The summed E-state index contributed by atoms with van der Waals surface area (Å²) in [5, 5.41) is 0. The van der Waals surface area contributed by atoms with Gasteiger partial charge in [-0.05, 0) is 66.8 Å². The van der Waals surface area contributed by atoms with Crippen molar-refractivity contribution in [2.45, 2.75) is 39.4 Å². The minimum absolute atomic E-state index is 0.257. The Morgan fingerprint density at radius 1 is 0.926 bits per heavy atom. The molecule has 1 atom stereocenters. The van der Waals surface area contributed by atoms with E-state index in [-0.39, 0.29) is 6.04 Å². The zero-order valence-electron chi connectivity index (χ0n) is 16.5. The summed E-state index contributed by atoms with van der Waals surface area (Å²) in [6.45, 7) is 7.60. The van der Waals surface area contributed by atoms with Gasteiger partial charge in [0, 0.05) is 31.5 Å². The molecule has 2 aromatic carbocycles. The van der Waals surface area contributed by atoms with Crippen LogP contribution in [0.1, 0.15) is 40.4 Å². The van der Waals surface area contributed by atoms with E-state index in [2.05, 4.69) is 84.1 Å². The lowest BCUT2D eigenvalue weighted by Gasteiger charge is -2.31. The number of ether oxygens (including phenoxy) is 1. The van der Waals surface area contributed by atoms with Crippen molar-refractivity contribution in [3.8, 4) is 5.75 Å². The highest BCUT2D eigenvalue weighted by molar-refractivity contribution is 5.37. The zero-order valence-corrected chi connectivity index (χ0v) is 16.5. The smallest absolute Gasteiger partial charge is 0.118 e. The van der Waals surface area contributed by atoms with Crippen LogP contribution in [-0.4, -0.2) is 23.1 Å². The average Bonchev–Trinajstić information content (AvgIpc) is 3.06. The van der Waals surface area contributed by atoms with E-state index in [0.29, 0.717) is 0 Å². The average molecular weight is 361 g/mol. The van der Waals surface area contributed by atoms with Gasteiger partial charge >= 0.3 is 0 Å². The fourth-order valence-electron chi connectivity index (χ4n) is 4.28. The van der Waals surface area contributed by atoms with Gasteiger partial charge in [-0.2, -0.15) is 0 Å². The van der Waals surface area contributed by atoms with Gasteiger partial charge in [0.2, 0.25) is 0 Å². The Kier molecular flexibility index (Phi) is 5.04. The molecule has 0 amide bonds. The molecule has 0 saturated carbocycles. The van der Waals surface area contributed by atoms with Crippen molar-refractivity contribution < 1.29 is 4.74 Å². The molecule has 2 heterocycles. The number of aromatic nitrogens is 1. The van der Waals surface area contributed by atoms with Crippen LogP contribution in [-0.2, 0) is 13.1 Å². The lowest BCUT2D eigenvalue weighted by molar-refractivity contribution is 0.219. The fraction of sp³-hybridized carbons (Fsp3) is 0.333. The molecule has 1 aliphatic rings. The Balaban J connectivity index is 1.76. The molecule has 4 rings (SSSR count). The Hall–Kier alpha value is -2.52. The number of benzene rings is 2. The molecule has 3 nitrogen and oxygen atoms in total. The van der Waals surface area contributed by atoms with Crippen molar-refractivity contribution in [1.29, 1.82) is 0 Å². The van der Waals surface area contributed by atoms with Crippen molar-refractivity contribution in [1.82, 2.24) is 9.47 Å². The van der Waals surface area contributed by atoms with E-state index in [1.165, 1.54) is 34.4 Å². The van der Waals surface area contributed by atoms with Crippen molar-refractivity contribution >= 4 is 0 Å². The van der Waals surface area contributed by atoms with Gasteiger partial charge < -0.3 is 9.30 Å². The maximum Gasteiger partial charge on any atom is 0.118 e. The number of methoxy groups -OCH3 is 1. The highest BCUT2D eigenvalue weighted by atomic mass is 16.5. The molecule has 0 saturated heterocycles. The minimum atomic E-state index is 0.257. The normalized spacial score (nSPS) is 17.4. The van der Waals surface area contributed by atoms with Gasteiger partial charge in [-0.3, -0.25) is 4.90 Å². The van der Waals surface area contributed by atoms with Crippen molar-refractivity contribution in [2.24, 2.45) is 0 Å². The van der Waals surface area contributed by atoms with Crippen LogP contribution in [0.4, 0.5) is 0 Å². The highest BCUT2D eigenvalue weighted by Crippen LogP contribution is 2.34. The molecule has 27 heavy (non-hydrogen) atoms. The van der Waals surface area contributed by atoms with Gasteiger partial charge in [-0.15, -0.1) is 0 Å². The first-order valence-corrected chi connectivity index (χ1v) is 9.75. The van der Waals surface area contributed by atoms with E-state index in [1.54, 1.807) is 7.11 Å². The van der Waals surface area contributed by atoms with E-state index >= 15 is 0 Å². The lowest BCUT2D eigenvalue weighted by Crippen LogP contribution is -2.30. The van der Waals surface area contributed by atoms with E-state index in [4.69, 9.17) is 4.74 Å². The second kappa shape index (κ2) is 7.61. The summed E-state index contributed by atoms with van der Waals surface area (Å²) in [5.74, 6) is 0.907. The number of hydrogen-bond donors (Lipinski definition) is 0. The molecule has 0 fully saturated rings. The van der Waals surface area contributed by atoms with Gasteiger partial charge in [-0.1, -0.05) is 30.3 Å². The summed E-state index contributed by atoms with van der Waals surface area (Å²) in [6, 6.07) is 19.9. The number of fused-ring (bicyclic) bond motifs is 1. The number of hydrogen-bond acceptors (Lipinski definition) is 2. The van der Waals surface area contributed by atoms with E-state index in [0.717, 1.165) is 25.4 Å². The molecule has 140 valence electrons. The zero-order chi connectivity index (χ0) is 18.8. The molecule has 1 aromatic heterocycles. The van der Waals surface area contributed by atoms with Crippen LogP contribution in [0.15, 0.2) is 60.8 Å². The van der Waals surface area contributed by atoms with Gasteiger partial charge in [0.05, 0.1) is 13.2 Å². The van der Waals surface area contributed by atoms with Gasteiger partial charge in [-0.25, -0.2) is 0 Å². The molecular formula is C24H28N2O. The van der Waals surface area contributed by atoms with Crippen LogP contribution in [0, 0.1) is 13.8 Å². The predicted octanol–water partition coefficient (Wildman–Crippen LogP) is 5.11. The molecule has 0 radical (unpaired) electrons. The molecule has 0 aliphatic carbocycles. The fourth-order valence-corrected chi connectivity index (χ4v) is 4.28. The third-order valence-electron chi connectivity index (χ3n) is 5.79. The van der Waals surface area contributed by atoms with E-state index in [9.17, 15) is 0 Å². The van der Waals surface area contributed by atoms with Gasteiger partial charge in [0.15, 0.2) is 0 Å². The summed E-state index contributed by atoms with van der Waals surface area (Å²) >= 11 is 0. The van der Waals surface area contributed by atoms with Gasteiger partial charge in [0.1, 0.15) is 5.75 Å². The van der Waals surface area contributed by atoms with Crippen LogP contribution < -0.4 is 4.74 Å². The van der Waals surface area contributed by atoms with Crippen LogP contribution in [0.3, 0.4) is 0 Å². The van der Waals surface area contributed by atoms with Crippen LogP contribution in [0.25, 0.3) is 0 Å². The monoisotopic (exact) mass is 360 g/mol. The second-order valence-corrected chi connectivity index (χ2v) is 7.50. The van der Waals surface area contributed by atoms with Crippen LogP contribution >= 0.6 is 0 Å². The summed E-state index contributed by atoms with van der Waals surface area (Å²) in [5.41, 5.74) is 6.91. The number of rotatable bonds is 4. The molecule has 0 bridgehead atoms. The largest absolute Gasteiger partial charge is 0.497 e. The van der Waals surface area contributed by atoms with Crippen molar-refractivity contribution in [3.05, 3.63) is 88.7 Å². The molecule has 0 spiro atoms. The molecule has 3 aromatic rings. The Morgan fingerprint density at radius 3 is 2.37 bits per heavy atom. The number of aryl methyl sites for hydroxylation is 3. The standard InChI is InChI=1S/C24H28N2O/c1-18-7-4-8-19(2)22(18)17-26-16-6-15-25-14-5-9-23(25)24(26)20-10-12-21(27-3)13-11-20/h4-5,7-14,24H,6,15-17H2,1-3H3. The maximum absolute atomic E-state index is 5.37. The maximum atomic E-state index is 5.37. The quantitative estimate of drug-likeness (QED) is 0.643. The van der Waals surface area contributed by atoms with Crippen molar-refractivity contribution in [2.75, 3.05) is 13.7 Å². The first kappa shape index (κ1) is 17.9. The van der Waals surface area contributed by atoms with Crippen LogP contribution in [0.2, 0.25) is 0 Å². The Bertz CT molecular complexity index is 890. The molecule has 1 unspecified atom stereocenters. The third kappa shape index (κ3) is 3.52. The predicted molar refractivity (Wildman–Crippen MR) is 110 cm³/mol. The topological polar surface area (TPSA) is 17.4 Å². The Labute approximate surface area is 162 Å². The highest BCUT2D eigenvalue weighted by Gasteiger charge is 2.28. The van der Waals surface area contributed by atoms with Crippen molar-refractivity contribution in [3.63, 3.8) is 0 Å². The molecule has 0 N–H and O–H groups in total. The lowest BCUT2D eigenvalue weighted by atomic mass is 9.98. The molecule has 1 aliphatic heterocycles. The van der Waals surface area contributed by atoms with Crippen LogP contribution in [0.5, 0.6) is 5.75 Å². The van der Waals surface area contributed by atoms with E-state index in [1.807, 2.05) is 0 Å². The third-order valence-corrected chi connectivity index (χ3v) is 5.79.